The summed E-state index contributed by atoms with van der Waals surface area (Å²) in [7, 11) is 0. The minimum atomic E-state index is -0.178. The Morgan fingerprint density at radius 1 is 1.27 bits per heavy atom. The van der Waals surface area contributed by atoms with Crippen LogP contribution in [0.2, 0.25) is 0 Å². The SMILES string of the molecule is Cc1cccc2[nH]c(C3CCN(C(=O)[C@@H]4CCOC(C)(C)C4)CC3)nc12. The highest BCUT2D eigenvalue weighted by atomic mass is 16.5. The number of ether oxygens (including phenoxy) is 1. The Bertz CT molecular complexity index is 803. The molecule has 2 aliphatic heterocycles. The number of piperidine rings is 1. The van der Waals surface area contributed by atoms with Crippen LogP contribution in [0.4, 0.5) is 0 Å². The Morgan fingerprint density at radius 2 is 2.04 bits per heavy atom. The number of carbonyl (C=O) groups excluding carboxylic acids is 1. The van der Waals surface area contributed by atoms with Gasteiger partial charge in [-0.25, -0.2) is 4.98 Å². The average molecular weight is 355 g/mol. The molecule has 5 heteroatoms. The van der Waals surface area contributed by atoms with Crippen molar-refractivity contribution in [1.29, 1.82) is 0 Å². The molecule has 2 fully saturated rings. The molecule has 0 unspecified atom stereocenters. The summed E-state index contributed by atoms with van der Waals surface area (Å²) in [6.07, 6.45) is 3.65. The van der Waals surface area contributed by atoms with Crippen LogP contribution in [0.1, 0.15) is 56.8 Å². The Balaban J connectivity index is 1.40. The molecule has 26 heavy (non-hydrogen) atoms. The van der Waals surface area contributed by atoms with Crippen LogP contribution in [-0.2, 0) is 9.53 Å². The fraction of sp³-hybridized carbons (Fsp3) is 0.619. The zero-order valence-corrected chi connectivity index (χ0v) is 16.0. The van der Waals surface area contributed by atoms with Gasteiger partial charge in [0.1, 0.15) is 5.82 Å². The van der Waals surface area contributed by atoms with E-state index in [4.69, 9.17) is 9.72 Å². The van der Waals surface area contributed by atoms with E-state index in [9.17, 15) is 4.79 Å². The molecule has 0 radical (unpaired) electrons. The Hall–Kier alpha value is -1.88. The summed E-state index contributed by atoms with van der Waals surface area (Å²) >= 11 is 0. The van der Waals surface area contributed by atoms with Gasteiger partial charge in [0.15, 0.2) is 0 Å². The van der Waals surface area contributed by atoms with Crippen molar-refractivity contribution in [3.63, 3.8) is 0 Å². The van der Waals surface area contributed by atoms with Gasteiger partial charge >= 0.3 is 0 Å². The maximum absolute atomic E-state index is 12.9. The van der Waals surface area contributed by atoms with Crippen LogP contribution in [0.5, 0.6) is 0 Å². The topological polar surface area (TPSA) is 58.2 Å². The number of likely N-dealkylation sites (tertiary alicyclic amines) is 1. The lowest BCUT2D eigenvalue weighted by Crippen LogP contribution is -2.46. The fourth-order valence-corrected chi connectivity index (χ4v) is 4.46. The molecule has 1 amide bonds. The van der Waals surface area contributed by atoms with Crippen molar-refractivity contribution < 1.29 is 9.53 Å². The number of imidazole rings is 1. The molecule has 0 spiro atoms. The van der Waals surface area contributed by atoms with Crippen molar-refractivity contribution in [2.24, 2.45) is 5.92 Å². The van der Waals surface area contributed by atoms with E-state index >= 15 is 0 Å². The van der Waals surface area contributed by atoms with E-state index in [1.165, 1.54) is 5.56 Å². The highest BCUT2D eigenvalue weighted by Gasteiger charge is 2.36. The number of nitrogens with zero attached hydrogens (tertiary/aromatic N) is 2. The molecule has 5 nitrogen and oxygen atoms in total. The maximum Gasteiger partial charge on any atom is 0.225 e. The van der Waals surface area contributed by atoms with Crippen molar-refractivity contribution in [3.05, 3.63) is 29.6 Å². The van der Waals surface area contributed by atoms with Crippen molar-refractivity contribution in [2.45, 2.75) is 58.0 Å². The van der Waals surface area contributed by atoms with Crippen LogP contribution in [-0.4, -0.2) is 46.1 Å². The van der Waals surface area contributed by atoms with Crippen LogP contribution in [0, 0.1) is 12.8 Å². The van der Waals surface area contributed by atoms with E-state index in [2.05, 4.69) is 48.9 Å². The van der Waals surface area contributed by atoms with E-state index in [1.807, 2.05) is 0 Å². The van der Waals surface area contributed by atoms with Crippen molar-refractivity contribution in [2.75, 3.05) is 19.7 Å². The first kappa shape index (κ1) is 17.5. The monoisotopic (exact) mass is 355 g/mol. The van der Waals surface area contributed by atoms with E-state index in [0.717, 1.165) is 55.6 Å². The second-order valence-electron chi connectivity index (χ2n) is 8.49. The quantitative estimate of drug-likeness (QED) is 0.892. The summed E-state index contributed by atoms with van der Waals surface area (Å²) in [4.78, 5) is 23.3. The molecule has 2 saturated heterocycles. The van der Waals surface area contributed by atoms with Crippen LogP contribution in [0.25, 0.3) is 11.0 Å². The van der Waals surface area contributed by atoms with Gasteiger partial charge in [-0.3, -0.25) is 4.79 Å². The van der Waals surface area contributed by atoms with E-state index in [1.54, 1.807) is 0 Å². The molecule has 140 valence electrons. The first-order valence-electron chi connectivity index (χ1n) is 9.81. The average Bonchev–Trinajstić information content (AvgIpc) is 3.06. The number of para-hydroxylation sites is 1. The highest BCUT2D eigenvalue weighted by Crippen LogP contribution is 2.33. The molecule has 1 aromatic heterocycles. The van der Waals surface area contributed by atoms with Gasteiger partial charge in [0.2, 0.25) is 5.91 Å². The predicted octanol–water partition coefficient (Wildman–Crippen LogP) is 3.78. The molecule has 2 aromatic rings. The summed E-state index contributed by atoms with van der Waals surface area (Å²) in [5, 5.41) is 0. The molecule has 0 aliphatic carbocycles. The molecule has 1 atom stereocenters. The lowest BCUT2D eigenvalue weighted by molar-refractivity contribution is -0.146. The second-order valence-corrected chi connectivity index (χ2v) is 8.49. The largest absolute Gasteiger partial charge is 0.376 e. The fourth-order valence-electron chi connectivity index (χ4n) is 4.46. The molecule has 1 N–H and O–H groups in total. The summed E-state index contributed by atoms with van der Waals surface area (Å²) in [5.41, 5.74) is 3.22. The van der Waals surface area contributed by atoms with E-state index in [-0.39, 0.29) is 11.5 Å². The Kier molecular flexibility index (Phi) is 4.51. The number of hydrogen-bond donors (Lipinski definition) is 1. The number of amides is 1. The maximum atomic E-state index is 12.9. The van der Waals surface area contributed by atoms with Gasteiger partial charge < -0.3 is 14.6 Å². The summed E-state index contributed by atoms with van der Waals surface area (Å²) in [5.74, 6) is 1.93. The van der Waals surface area contributed by atoms with Gasteiger partial charge in [-0.2, -0.15) is 0 Å². The van der Waals surface area contributed by atoms with Gasteiger partial charge in [-0.05, 0) is 58.1 Å². The molecule has 0 saturated carbocycles. The van der Waals surface area contributed by atoms with Gasteiger partial charge in [-0.1, -0.05) is 12.1 Å². The number of fused-ring (bicyclic) bond motifs is 1. The third-order valence-electron chi connectivity index (χ3n) is 5.97. The van der Waals surface area contributed by atoms with Crippen LogP contribution >= 0.6 is 0 Å². The summed E-state index contributed by atoms with van der Waals surface area (Å²) < 4.78 is 5.76. The summed E-state index contributed by atoms with van der Waals surface area (Å²) in [6, 6.07) is 6.25. The van der Waals surface area contributed by atoms with Gasteiger partial charge in [0.25, 0.3) is 0 Å². The molecular formula is C21H29N3O2. The van der Waals surface area contributed by atoms with Gasteiger partial charge in [-0.15, -0.1) is 0 Å². The minimum absolute atomic E-state index is 0.115. The number of aromatic amines is 1. The van der Waals surface area contributed by atoms with E-state index < -0.39 is 0 Å². The van der Waals surface area contributed by atoms with Gasteiger partial charge in [0, 0.05) is 31.5 Å². The van der Waals surface area contributed by atoms with Crippen molar-refractivity contribution >= 4 is 16.9 Å². The number of nitrogens with one attached hydrogen (secondary N) is 1. The predicted molar refractivity (Wildman–Crippen MR) is 102 cm³/mol. The number of hydrogen-bond acceptors (Lipinski definition) is 3. The number of H-pyrrole nitrogens is 1. The number of aryl methyl sites for hydroxylation is 1. The van der Waals surface area contributed by atoms with Gasteiger partial charge in [0.05, 0.1) is 16.6 Å². The van der Waals surface area contributed by atoms with Crippen molar-refractivity contribution in [1.82, 2.24) is 14.9 Å². The third kappa shape index (κ3) is 3.37. The second kappa shape index (κ2) is 6.69. The third-order valence-corrected chi connectivity index (χ3v) is 5.97. The molecular weight excluding hydrogens is 326 g/mol. The van der Waals surface area contributed by atoms with E-state index in [0.29, 0.717) is 18.4 Å². The lowest BCUT2D eigenvalue weighted by Gasteiger charge is -2.39. The first-order chi connectivity index (χ1) is 12.4. The zero-order chi connectivity index (χ0) is 18.3. The van der Waals surface area contributed by atoms with Crippen LogP contribution in [0.15, 0.2) is 18.2 Å². The normalized spacial score (nSPS) is 24.1. The molecule has 2 aliphatic rings. The Morgan fingerprint density at radius 3 is 2.73 bits per heavy atom. The number of aromatic nitrogens is 2. The number of benzene rings is 1. The minimum Gasteiger partial charge on any atom is -0.376 e. The number of rotatable bonds is 2. The highest BCUT2D eigenvalue weighted by molar-refractivity contribution is 5.79. The first-order valence-corrected chi connectivity index (χ1v) is 9.81. The smallest absolute Gasteiger partial charge is 0.225 e. The lowest BCUT2D eigenvalue weighted by atomic mass is 9.86. The molecule has 1 aromatic carbocycles. The molecule has 0 bridgehead atoms. The molecule has 4 rings (SSSR count). The summed E-state index contributed by atoms with van der Waals surface area (Å²) in [6.45, 7) is 8.63. The van der Waals surface area contributed by atoms with Crippen molar-refractivity contribution in [3.8, 4) is 0 Å². The molecule has 3 heterocycles. The van der Waals surface area contributed by atoms with Crippen LogP contribution < -0.4 is 0 Å². The Labute approximate surface area is 155 Å². The van der Waals surface area contributed by atoms with Crippen LogP contribution in [0.3, 0.4) is 0 Å². The number of carbonyl (C=O) groups is 1. The standard InChI is InChI=1S/C21H29N3O2/c1-14-5-4-6-17-18(14)23-19(22-17)15-7-10-24(11-8-15)20(25)16-9-12-26-21(2,3)13-16/h4-6,15-16H,7-13H2,1-3H3,(H,22,23)/t16-/m1/s1. The zero-order valence-electron chi connectivity index (χ0n) is 16.0.